The van der Waals surface area contributed by atoms with E-state index in [2.05, 4.69) is 15.3 Å². The smallest absolute Gasteiger partial charge is 0.405 e. The van der Waals surface area contributed by atoms with E-state index in [-0.39, 0.29) is 11.7 Å². The van der Waals surface area contributed by atoms with E-state index in [1.54, 1.807) is 18.2 Å². The maximum atomic E-state index is 14.0. The van der Waals surface area contributed by atoms with Crippen molar-refractivity contribution in [2.75, 3.05) is 0 Å². The van der Waals surface area contributed by atoms with E-state index in [0.717, 1.165) is 5.56 Å². The second-order valence-corrected chi connectivity index (χ2v) is 5.79. The molecule has 0 spiro atoms. The van der Waals surface area contributed by atoms with E-state index in [9.17, 15) is 14.3 Å². The predicted molar refractivity (Wildman–Crippen MR) is 92.7 cm³/mol. The zero-order chi connectivity index (χ0) is 17.8. The highest BCUT2D eigenvalue weighted by atomic mass is 19.1. The Balaban J connectivity index is 1.95. The molecule has 2 aromatic carbocycles. The Labute approximate surface area is 144 Å². The predicted octanol–water partition coefficient (Wildman–Crippen LogP) is 4.33. The Bertz CT molecular complexity index is 864. The van der Waals surface area contributed by atoms with Crippen LogP contribution in [-0.4, -0.2) is 21.2 Å². The summed E-state index contributed by atoms with van der Waals surface area (Å²) >= 11 is 0. The van der Waals surface area contributed by atoms with Crippen molar-refractivity contribution in [2.24, 2.45) is 0 Å². The summed E-state index contributed by atoms with van der Waals surface area (Å²) in [5.74, 6) is -0.0783. The molecule has 0 bridgehead atoms. The van der Waals surface area contributed by atoms with Crippen molar-refractivity contribution in [3.05, 3.63) is 78.0 Å². The van der Waals surface area contributed by atoms with Crippen molar-refractivity contribution < 1.29 is 14.3 Å². The van der Waals surface area contributed by atoms with E-state index in [0.29, 0.717) is 17.1 Å². The summed E-state index contributed by atoms with van der Waals surface area (Å²) in [4.78, 5) is 18.6. The number of rotatable bonds is 5. The Hall–Kier alpha value is -3.15. The lowest BCUT2D eigenvalue weighted by Gasteiger charge is -2.22. The monoisotopic (exact) mass is 339 g/mol. The van der Waals surface area contributed by atoms with Crippen LogP contribution in [0, 0.1) is 5.82 Å². The van der Waals surface area contributed by atoms with Crippen LogP contribution in [0.4, 0.5) is 9.18 Å². The van der Waals surface area contributed by atoms with Crippen LogP contribution in [0.3, 0.4) is 0 Å². The first kappa shape index (κ1) is 16.7. The Morgan fingerprint density at radius 2 is 1.84 bits per heavy atom. The number of nitrogens with one attached hydrogen (secondary N) is 2. The molecule has 0 saturated heterocycles. The lowest BCUT2D eigenvalue weighted by atomic mass is 9.93. The number of aromatic amines is 1. The highest BCUT2D eigenvalue weighted by Gasteiger charge is 2.25. The molecule has 5 nitrogen and oxygen atoms in total. The molecule has 3 N–H and O–H groups in total. The van der Waals surface area contributed by atoms with Gasteiger partial charge in [0.05, 0.1) is 17.9 Å². The fraction of sp³-hybridized carbons (Fsp3) is 0.158. The minimum Gasteiger partial charge on any atom is -0.465 e. The van der Waals surface area contributed by atoms with Gasteiger partial charge in [-0.05, 0) is 17.7 Å². The number of imidazole rings is 1. The van der Waals surface area contributed by atoms with Crippen molar-refractivity contribution in [2.45, 2.75) is 18.9 Å². The summed E-state index contributed by atoms with van der Waals surface area (Å²) in [6.07, 6.45) is 0.374. The van der Waals surface area contributed by atoms with Crippen LogP contribution in [0.15, 0.2) is 60.8 Å². The quantitative estimate of drug-likeness (QED) is 0.647. The summed E-state index contributed by atoms with van der Waals surface area (Å²) in [5, 5.41) is 11.7. The van der Waals surface area contributed by atoms with Crippen molar-refractivity contribution in [1.82, 2.24) is 15.3 Å². The second-order valence-electron chi connectivity index (χ2n) is 5.79. The molecule has 6 heteroatoms. The molecule has 3 rings (SSSR count). The molecule has 1 amide bonds. The molecule has 0 radical (unpaired) electrons. The fourth-order valence-electron chi connectivity index (χ4n) is 2.82. The van der Waals surface area contributed by atoms with E-state index in [4.69, 9.17) is 0 Å². The second kappa shape index (κ2) is 7.17. The van der Waals surface area contributed by atoms with E-state index >= 15 is 0 Å². The minimum atomic E-state index is -1.14. The van der Waals surface area contributed by atoms with Gasteiger partial charge in [-0.15, -0.1) is 0 Å². The normalized spacial score (nSPS) is 13.2. The summed E-state index contributed by atoms with van der Waals surface area (Å²) in [6.45, 7) is 1.92. The van der Waals surface area contributed by atoms with E-state index < -0.39 is 12.1 Å². The number of nitrogens with zero attached hydrogens (tertiary/aromatic N) is 1. The van der Waals surface area contributed by atoms with Gasteiger partial charge in [0.25, 0.3) is 0 Å². The summed E-state index contributed by atoms with van der Waals surface area (Å²) < 4.78 is 14.0. The van der Waals surface area contributed by atoms with Gasteiger partial charge in [0.15, 0.2) is 0 Å². The maximum absolute atomic E-state index is 14.0. The van der Waals surface area contributed by atoms with Crippen molar-refractivity contribution in [1.29, 1.82) is 0 Å². The van der Waals surface area contributed by atoms with Gasteiger partial charge in [0.1, 0.15) is 11.6 Å². The number of carboxylic acid groups (broad SMARTS) is 1. The number of hydrogen-bond donors (Lipinski definition) is 3. The Morgan fingerprint density at radius 1 is 1.16 bits per heavy atom. The van der Waals surface area contributed by atoms with Crippen molar-refractivity contribution in [3.8, 4) is 11.3 Å². The van der Waals surface area contributed by atoms with Crippen LogP contribution in [0.25, 0.3) is 11.3 Å². The average Bonchev–Trinajstić information content (AvgIpc) is 3.09. The first-order valence-corrected chi connectivity index (χ1v) is 7.90. The SMILES string of the molecule is C[C@H](c1ccccc1)[C@H](NC(=O)O)c1ncc(-c2ccccc2F)[nH]1. The van der Waals surface area contributed by atoms with Crippen LogP contribution < -0.4 is 5.32 Å². The van der Waals surface area contributed by atoms with Crippen LogP contribution in [-0.2, 0) is 0 Å². The largest absolute Gasteiger partial charge is 0.465 e. The van der Waals surface area contributed by atoms with Gasteiger partial charge in [0, 0.05) is 11.5 Å². The third-order valence-corrected chi connectivity index (χ3v) is 4.16. The maximum Gasteiger partial charge on any atom is 0.405 e. The molecule has 1 aromatic heterocycles. The van der Waals surface area contributed by atoms with E-state index in [1.807, 2.05) is 37.3 Å². The van der Waals surface area contributed by atoms with E-state index in [1.165, 1.54) is 12.3 Å². The Kier molecular flexibility index (Phi) is 4.79. The molecule has 2 atom stereocenters. The first-order valence-electron chi connectivity index (χ1n) is 7.90. The molecule has 0 aliphatic carbocycles. The molecular weight excluding hydrogens is 321 g/mol. The van der Waals surface area contributed by atoms with Gasteiger partial charge in [-0.2, -0.15) is 0 Å². The molecule has 0 aliphatic heterocycles. The number of hydrogen-bond acceptors (Lipinski definition) is 2. The lowest BCUT2D eigenvalue weighted by Crippen LogP contribution is -2.31. The van der Waals surface area contributed by atoms with Gasteiger partial charge in [-0.1, -0.05) is 49.4 Å². The van der Waals surface area contributed by atoms with Gasteiger partial charge in [-0.3, -0.25) is 0 Å². The molecule has 128 valence electrons. The number of H-pyrrole nitrogens is 1. The van der Waals surface area contributed by atoms with Crippen LogP contribution in [0.5, 0.6) is 0 Å². The zero-order valence-corrected chi connectivity index (χ0v) is 13.6. The lowest BCUT2D eigenvalue weighted by molar-refractivity contribution is 0.187. The number of halogens is 1. The van der Waals surface area contributed by atoms with Crippen molar-refractivity contribution >= 4 is 6.09 Å². The topological polar surface area (TPSA) is 78.0 Å². The van der Waals surface area contributed by atoms with Crippen LogP contribution >= 0.6 is 0 Å². The van der Waals surface area contributed by atoms with Crippen LogP contribution in [0.1, 0.15) is 30.3 Å². The minimum absolute atomic E-state index is 0.156. The summed E-state index contributed by atoms with van der Waals surface area (Å²) in [6, 6.07) is 15.3. The van der Waals surface area contributed by atoms with Gasteiger partial charge in [0.2, 0.25) is 0 Å². The molecule has 0 aliphatic rings. The third-order valence-electron chi connectivity index (χ3n) is 4.16. The Morgan fingerprint density at radius 3 is 2.52 bits per heavy atom. The highest BCUT2D eigenvalue weighted by molar-refractivity contribution is 5.65. The molecule has 1 heterocycles. The summed E-state index contributed by atoms with van der Waals surface area (Å²) in [7, 11) is 0. The standard InChI is InChI=1S/C19H18FN3O2/c1-12(13-7-3-2-4-8-13)17(23-19(24)25)18-21-11-16(22-18)14-9-5-6-10-15(14)20/h2-12,17,23H,1H3,(H,21,22)(H,24,25)/t12-,17+/m1/s1. The van der Waals surface area contributed by atoms with Gasteiger partial charge >= 0.3 is 6.09 Å². The van der Waals surface area contributed by atoms with Gasteiger partial charge in [-0.25, -0.2) is 14.2 Å². The number of amides is 1. The molecule has 0 fully saturated rings. The average molecular weight is 339 g/mol. The molecule has 0 unspecified atom stereocenters. The number of benzene rings is 2. The van der Waals surface area contributed by atoms with Gasteiger partial charge < -0.3 is 15.4 Å². The first-order chi connectivity index (χ1) is 12.1. The number of carbonyl (C=O) groups is 1. The third kappa shape index (κ3) is 3.68. The molecule has 3 aromatic rings. The number of aromatic nitrogens is 2. The summed E-state index contributed by atoms with van der Waals surface area (Å²) in [5.41, 5.74) is 1.87. The van der Waals surface area contributed by atoms with Crippen LogP contribution in [0.2, 0.25) is 0 Å². The molecule has 25 heavy (non-hydrogen) atoms. The zero-order valence-electron chi connectivity index (χ0n) is 13.6. The molecule has 0 saturated carbocycles. The fourth-order valence-corrected chi connectivity index (χ4v) is 2.82. The van der Waals surface area contributed by atoms with Crippen molar-refractivity contribution in [3.63, 3.8) is 0 Å². The highest BCUT2D eigenvalue weighted by Crippen LogP contribution is 2.30. The molecular formula is C19H18FN3O2.